The largest absolute Gasteiger partial charge is 0.473 e. The normalized spacial score (nSPS) is 11.2. The maximum Gasteiger partial charge on any atom is 0.414 e. The van der Waals surface area contributed by atoms with Crippen LogP contribution in [-0.2, 0) is 81.2 Å². The van der Waals surface area contributed by atoms with E-state index in [4.69, 9.17) is 78.9 Å². The quantitative estimate of drug-likeness (QED) is 0.00147. The number of aromatic amines is 3. The molecule has 0 aliphatic heterocycles. The van der Waals surface area contributed by atoms with E-state index >= 15 is 0 Å². The smallest absolute Gasteiger partial charge is 0.414 e. The number of halogens is 3. The minimum atomic E-state index is -1.87. The Labute approximate surface area is 774 Å². The van der Waals surface area contributed by atoms with Crippen molar-refractivity contribution in [2.24, 2.45) is 33.8 Å². The maximum atomic E-state index is 12.5. The second kappa shape index (κ2) is 71.1. The van der Waals surface area contributed by atoms with Crippen LogP contribution in [0.4, 0.5) is 0 Å². The molecular weight excluding hydrogens is 1750 g/mol. The zero-order chi connectivity index (χ0) is 99.1. The third-order valence-corrected chi connectivity index (χ3v) is 42.4. The average Bonchev–Trinajstić information content (AvgIpc) is 1.72. The van der Waals surface area contributed by atoms with Crippen LogP contribution in [0.1, 0.15) is 261 Å². The van der Waals surface area contributed by atoms with E-state index in [0.29, 0.717) is 74.9 Å². The van der Waals surface area contributed by atoms with Gasteiger partial charge in [0.2, 0.25) is 5.24 Å². The topological polar surface area (TPSA) is 436 Å². The summed E-state index contributed by atoms with van der Waals surface area (Å²) in [6.07, 6.45) is 20.9. The molecule has 0 bridgehead atoms. The highest BCUT2D eigenvalue weighted by Gasteiger charge is 2.47. The van der Waals surface area contributed by atoms with E-state index in [2.05, 4.69) is 231 Å². The van der Waals surface area contributed by atoms with E-state index in [-0.39, 0.29) is 51.7 Å². The molecule has 5 aromatic heterocycles. The minimum Gasteiger partial charge on any atom is -0.473 e. The van der Waals surface area contributed by atoms with Crippen LogP contribution in [0.5, 0.6) is 0 Å². The number of carbonyl (C=O) groups is 12. The number of Topliss-reactive ketones (excluding diaryl/α,β-unsaturated/α-hetero) is 1. The number of hydrogen-bond donors (Lipinski definition) is 8. The summed E-state index contributed by atoms with van der Waals surface area (Å²) in [6, 6.07) is 13.4. The van der Waals surface area contributed by atoms with Crippen molar-refractivity contribution in [2.75, 3.05) is 59.3 Å². The van der Waals surface area contributed by atoms with Crippen LogP contribution in [0.15, 0.2) is 115 Å². The predicted octanol–water partition coefficient (Wildman–Crippen LogP) is 18.9. The zero-order valence-corrected chi connectivity index (χ0v) is 86.6. The third kappa shape index (κ3) is 51.3. The summed E-state index contributed by atoms with van der Waals surface area (Å²) >= 11 is 16.2. The van der Waals surface area contributed by atoms with Crippen LogP contribution < -0.4 is 16.7 Å². The minimum absolute atomic E-state index is 0.00839. The van der Waals surface area contributed by atoms with Crippen LogP contribution in [0.3, 0.4) is 0 Å². The van der Waals surface area contributed by atoms with Gasteiger partial charge in [0, 0.05) is 79.7 Å². The molecule has 0 unspecified atom stereocenters. The van der Waals surface area contributed by atoms with Gasteiger partial charge >= 0.3 is 53.0 Å². The molecule has 0 fully saturated rings. The standard InChI is InChI=1S/C18H27N3O5.C17H29NO3Si.C13H21N3O2.C13H25NSi.C9H21ClSi.C5H7ClO3.C5H14N2.C4H5ClO3.C4H5N.C2H2O4/c1-5-25-16(23)11-15(22)21(10-8-13(3)4)20-17(18(24)26-6-2)14-7-9-19-12-14;1-8-21-17(20)16(19)15-9-10-18(11-15)22(12(2)3,13(4)5)14(6)7;1-4-18-13(17)12(11-6-7-14-9-11)16-15-8-5-10(2)3;1-11(2)15(12(3)4,13(5)6)14-9-7-8-10-14;1-7(2)11(10,8(3)4)9(5)6;1-2-9-5(8)3-4(6)7;1-5(2)3-4-7-6;1-2-8-4(7)3(5)6;1-2-4-5-3-1;3-1(4)2(5)6/h7,9,12-13,19H,5-6,8,10-11H2,1-4H3;9-14H,8H2,1-7H3;6-7,9-10,14-15H,4-5,8H2,1-3H3;7-13H,1-6H3;7-9H,1-6H3;2-3H2,1H3;5,7H,3-4,6H2,1-2H3;2H2,1H3;1-5H;(H,3,4)(H,5,6). The SMILES string of the molecule is CC(C)CCNN.CC(C)[Si](C(C)C)(C(C)C)n1cccc1.CC(C)[Si](Cl)(C(C)C)C(C)C.CCOC(=O)C(=NNCCC(C)C)c1cc[nH]c1.CCOC(=O)C(=O)Cl.CCOC(=O)C(=O)c1ccn([Si](C(C)C)(C(C)C)C(C)C)c1.CCOC(=O)CC(=O)Cl.CCOC(=O)CC(=O)N(CCC(C)C)N=C(C(=O)OCC)c1cc[nH]c1.O=C(O)C(=O)O.c1cc[nH]c1. The first kappa shape index (κ1) is 127. The van der Waals surface area contributed by atoms with Crippen LogP contribution in [-0.4, -0.2) is 203 Å². The molecule has 37 heteroatoms. The molecule has 127 heavy (non-hydrogen) atoms. The molecule has 0 radical (unpaired) electrons. The summed E-state index contributed by atoms with van der Waals surface area (Å²) in [5.74, 6) is -2.02. The number of H-pyrrole nitrogens is 3. The molecule has 5 heterocycles. The van der Waals surface area contributed by atoms with E-state index in [9.17, 15) is 47.9 Å². The van der Waals surface area contributed by atoms with E-state index in [1.54, 1.807) is 84.5 Å². The molecule has 31 nitrogen and oxygen atoms in total. The average molecular weight is 1900 g/mol. The summed E-state index contributed by atoms with van der Waals surface area (Å²) < 4.78 is 33.0. The van der Waals surface area contributed by atoms with Crippen molar-refractivity contribution < 1.29 is 96.2 Å². The van der Waals surface area contributed by atoms with E-state index in [1.807, 2.05) is 50.8 Å². The number of nitrogens with one attached hydrogen (secondary N) is 5. The Hall–Kier alpha value is -8.78. The number of hydrogen-bond acceptors (Lipinski definition) is 23. The Morgan fingerprint density at radius 3 is 1.12 bits per heavy atom. The first-order chi connectivity index (χ1) is 59.2. The van der Waals surface area contributed by atoms with Crippen molar-refractivity contribution in [1.82, 2.24) is 39.3 Å². The Morgan fingerprint density at radius 2 is 0.811 bits per heavy atom. The number of nitrogens with zero attached hydrogens (tertiary/aromatic N) is 5. The van der Waals surface area contributed by atoms with Crippen LogP contribution in [0, 0.1) is 17.8 Å². The maximum absolute atomic E-state index is 12.5. The van der Waals surface area contributed by atoms with Gasteiger partial charge in [-0.05, 0) is 213 Å². The fourth-order valence-corrected chi connectivity index (χ4v) is 31.2. The van der Waals surface area contributed by atoms with E-state index in [1.165, 1.54) is 0 Å². The fraction of sp³-hybridized carbons (Fsp3) is 0.622. The first-order valence-electron chi connectivity index (χ1n) is 43.6. The lowest BCUT2D eigenvalue weighted by atomic mass is 10.1. The number of amides is 1. The van der Waals surface area contributed by atoms with Gasteiger partial charge in [-0.3, -0.25) is 40.0 Å². The summed E-state index contributed by atoms with van der Waals surface area (Å²) in [5, 5.41) is 22.5. The van der Waals surface area contributed by atoms with E-state index < -0.39 is 100 Å². The number of aromatic nitrogens is 5. The summed E-state index contributed by atoms with van der Waals surface area (Å²) in [5.41, 5.74) is 13.5. The lowest BCUT2D eigenvalue weighted by molar-refractivity contribution is -0.159. The summed E-state index contributed by atoms with van der Waals surface area (Å²) in [4.78, 5) is 139. The van der Waals surface area contributed by atoms with Crippen molar-refractivity contribution in [3.63, 3.8) is 0 Å². The molecule has 1 amide bonds. The van der Waals surface area contributed by atoms with Crippen molar-refractivity contribution in [3.8, 4) is 0 Å². The molecule has 9 N–H and O–H groups in total. The van der Waals surface area contributed by atoms with Gasteiger partial charge < -0.3 is 67.5 Å². The molecule has 5 rings (SSSR count). The highest BCUT2D eigenvalue weighted by molar-refractivity contribution is 7.22. The first-order valence-corrected chi connectivity index (χ1v) is 52.0. The van der Waals surface area contributed by atoms with Gasteiger partial charge in [0.05, 0.1) is 39.6 Å². The summed E-state index contributed by atoms with van der Waals surface area (Å²) in [7, 11) is -4.81. The Kier molecular flexibility index (Phi) is 71.0. The summed E-state index contributed by atoms with van der Waals surface area (Å²) in [6.45, 7) is 67.6. The van der Waals surface area contributed by atoms with E-state index in [0.717, 1.165) is 59.0 Å². The number of ether oxygens (including phenoxy) is 6. The lowest BCUT2D eigenvalue weighted by Crippen LogP contribution is -2.51. The predicted molar refractivity (Wildman–Crippen MR) is 515 cm³/mol. The van der Waals surface area contributed by atoms with Crippen LogP contribution in [0.25, 0.3) is 0 Å². The molecule has 0 spiro atoms. The number of esters is 6. The molecule has 0 aliphatic carbocycles. The van der Waals surface area contributed by atoms with Gasteiger partial charge in [-0.15, -0.1) is 0 Å². The highest BCUT2D eigenvalue weighted by Crippen LogP contribution is 2.45. The second-order valence-electron chi connectivity index (χ2n) is 32.7. The molecular formula is C90H156Cl3N11O20Si3. The van der Waals surface area contributed by atoms with Gasteiger partial charge in [-0.1, -0.05) is 166 Å². The molecule has 0 atom stereocenters. The number of carboxylic acid groups (broad SMARTS) is 2. The number of nitrogens with two attached hydrogens (primary N) is 1. The zero-order valence-electron chi connectivity index (χ0n) is 81.3. The van der Waals surface area contributed by atoms with Crippen LogP contribution in [0.2, 0.25) is 49.9 Å². The number of rotatable bonds is 39. The number of carbonyl (C=O) groups excluding carboxylic acids is 10. The van der Waals surface area contributed by atoms with Crippen LogP contribution >= 0.6 is 34.3 Å². The Morgan fingerprint density at radius 1 is 0.441 bits per heavy atom. The van der Waals surface area contributed by atoms with Gasteiger partial charge in [0.15, 0.2) is 35.3 Å². The van der Waals surface area contributed by atoms with Gasteiger partial charge in [-0.2, -0.15) is 21.3 Å². The van der Waals surface area contributed by atoms with Gasteiger partial charge in [0.1, 0.15) is 12.8 Å². The Balaban J connectivity index is -0.000000452. The number of ketones is 1. The molecule has 0 saturated heterocycles. The number of aliphatic carboxylic acids is 2. The number of carboxylic acids is 2. The van der Waals surface area contributed by atoms with Crippen molar-refractivity contribution >= 4 is 139 Å². The number of hydrazine groups is 1. The van der Waals surface area contributed by atoms with Gasteiger partial charge in [0.25, 0.3) is 11.7 Å². The third-order valence-electron chi connectivity index (χ3n) is 19.4. The molecule has 0 aliphatic rings. The molecule has 5 aromatic rings. The number of hydrazone groups is 2. The lowest BCUT2D eigenvalue weighted by Gasteiger charge is -2.44. The monoisotopic (exact) mass is 1900 g/mol. The Bertz CT molecular complexity index is 3810. The van der Waals surface area contributed by atoms with Crippen molar-refractivity contribution in [2.45, 2.75) is 290 Å². The van der Waals surface area contributed by atoms with Crippen molar-refractivity contribution in [3.05, 3.63) is 121 Å². The molecule has 0 saturated carbocycles. The molecule has 0 aromatic carbocycles. The van der Waals surface area contributed by atoms with Gasteiger partial charge in [-0.25, -0.2) is 33.8 Å². The van der Waals surface area contributed by atoms with Crippen molar-refractivity contribution in [1.29, 1.82) is 0 Å². The highest BCUT2D eigenvalue weighted by atomic mass is 35.6. The second-order valence-corrected chi connectivity index (χ2v) is 52.1. The molecule has 724 valence electrons. The fourth-order valence-electron chi connectivity index (χ4n) is 14.1.